The first-order valence-electron chi connectivity index (χ1n) is 7.75. The van der Waals surface area contributed by atoms with Crippen molar-refractivity contribution in [3.05, 3.63) is 32.9 Å². The Morgan fingerprint density at radius 3 is 3.00 bits per heavy atom. The summed E-state index contributed by atoms with van der Waals surface area (Å²) in [6.07, 6.45) is 4.49. The van der Waals surface area contributed by atoms with Crippen LogP contribution in [-0.2, 0) is 19.9 Å². The zero-order chi connectivity index (χ0) is 18.1. The van der Waals surface area contributed by atoms with Crippen LogP contribution < -0.4 is 10.6 Å². The van der Waals surface area contributed by atoms with Crippen LogP contribution in [0.5, 0.6) is 0 Å². The van der Waals surface area contributed by atoms with Gasteiger partial charge in [0.1, 0.15) is 11.1 Å². The number of carbonyl (C=O) groups is 1. The van der Waals surface area contributed by atoms with E-state index in [1.54, 1.807) is 7.05 Å². The molecule has 1 atom stereocenters. The number of thiocarbonyl (C=S) groups is 1. The summed E-state index contributed by atoms with van der Waals surface area (Å²) in [6.45, 7) is 2.21. The van der Waals surface area contributed by atoms with Crippen LogP contribution in [0.2, 0.25) is 5.02 Å². The van der Waals surface area contributed by atoms with Gasteiger partial charge in [-0.05, 0) is 43.0 Å². The zero-order valence-electron chi connectivity index (χ0n) is 13.7. The number of nitrogens with one attached hydrogen (secondary N) is 2. The second-order valence-corrected chi connectivity index (χ2v) is 8.00. The van der Waals surface area contributed by atoms with Crippen molar-refractivity contribution in [2.75, 3.05) is 5.32 Å². The summed E-state index contributed by atoms with van der Waals surface area (Å²) in [6, 6.07) is 2.26. The van der Waals surface area contributed by atoms with Gasteiger partial charge < -0.3 is 5.32 Å². The summed E-state index contributed by atoms with van der Waals surface area (Å²) in [5, 5.41) is 20.1. The number of aromatic nitrogens is 2. The van der Waals surface area contributed by atoms with E-state index in [0.717, 1.165) is 24.8 Å². The number of nitrogens with zero attached hydrogens (tertiary/aromatic N) is 3. The summed E-state index contributed by atoms with van der Waals surface area (Å²) < 4.78 is 1.45. The summed E-state index contributed by atoms with van der Waals surface area (Å²) in [7, 11) is 1.68. The van der Waals surface area contributed by atoms with Gasteiger partial charge in [-0.2, -0.15) is 10.4 Å². The molecule has 3 rings (SSSR count). The highest BCUT2D eigenvalue weighted by Crippen LogP contribution is 2.39. The average molecular weight is 394 g/mol. The number of aryl methyl sites for hydroxylation is 1. The Bertz CT molecular complexity index is 895. The molecule has 0 spiro atoms. The molecule has 25 heavy (non-hydrogen) atoms. The Labute approximate surface area is 159 Å². The first-order chi connectivity index (χ1) is 11.9. The number of carbonyl (C=O) groups excluding carboxylic acids is 1. The molecular weight excluding hydrogens is 378 g/mol. The smallest absolute Gasteiger partial charge is 0.279 e. The van der Waals surface area contributed by atoms with Gasteiger partial charge in [0, 0.05) is 18.1 Å². The number of fused-ring (bicyclic) bond motifs is 1. The van der Waals surface area contributed by atoms with Gasteiger partial charge in [-0.1, -0.05) is 18.5 Å². The SMILES string of the molecule is C[C@@H]1CCc2c(sc(NC(=S)NC(=O)c3nn(C)cc3Cl)c2C#N)C1. The van der Waals surface area contributed by atoms with Crippen LogP contribution in [0.3, 0.4) is 0 Å². The third kappa shape index (κ3) is 3.68. The van der Waals surface area contributed by atoms with Crippen LogP contribution in [0.15, 0.2) is 6.20 Å². The molecule has 0 aliphatic heterocycles. The fourth-order valence-electron chi connectivity index (χ4n) is 2.87. The van der Waals surface area contributed by atoms with E-state index in [1.165, 1.54) is 27.1 Å². The lowest BCUT2D eigenvalue weighted by Crippen LogP contribution is -2.34. The average Bonchev–Trinajstić information content (AvgIpc) is 3.05. The molecule has 0 unspecified atom stereocenters. The Kier molecular flexibility index (Phi) is 5.08. The lowest BCUT2D eigenvalue weighted by atomic mass is 9.89. The van der Waals surface area contributed by atoms with Crippen molar-refractivity contribution in [3.8, 4) is 6.07 Å². The molecule has 1 aliphatic carbocycles. The summed E-state index contributed by atoms with van der Waals surface area (Å²) >= 11 is 12.7. The van der Waals surface area contributed by atoms with E-state index in [-0.39, 0.29) is 15.8 Å². The van der Waals surface area contributed by atoms with Crippen molar-refractivity contribution in [1.82, 2.24) is 15.1 Å². The zero-order valence-corrected chi connectivity index (χ0v) is 16.1. The van der Waals surface area contributed by atoms with Crippen molar-refractivity contribution < 1.29 is 4.79 Å². The predicted molar refractivity (Wildman–Crippen MR) is 102 cm³/mol. The number of halogens is 1. The lowest BCUT2D eigenvalue weighted by Gasteiger charge is -2.17. The first kappa shape index (κ1) is 17.9. The minimum absolute atomic E-state index is 0.105. The molecule has 0 saturated heterocycles. The number of hydrogen-bond acceptors (Lipinski definition) is 5. The van der Waals surface area contributed by atoms with Crippen LogP contribution in [0, 0.1) is 17.2 Å². The van der Waals surface area contributed by atoms with Gasteiger partial charge >= 0.3 is 0 Å². The Morgan fingerprint density at radius 1 is 1.60 bits per heavy atom. The highest BCUT2D eigenvalue weighted by atomic mass is 35.5. The third-order valence-electron chi connectivity index (χ3n) is 4.08. The number of anilines is 1. The minimum atomic E-state index is -0.489. The normalized spacial score (nSPS) is 16.0. The summed E-state index contributed by atoms with van der Waals surface area (Å²) in [5.41, 5.74) is 1.84. The van der Waals surface area contributed by atoms with Crippen LogP contribution in [0.25, 0.3) is 0 Å². The molecule has 0 radical (unpaired) electrons. The fourth-order valence-corrected chi connectivity index (χ4v) is 4.76. The maximum absolute atomic E-state index is 12.2. The highest BCUT2D eigenvalue weighted by Gasteiger charge is 2.24. The van der Waals surface area contributed by atoms with E-state index in [9.17, 15) is 10.1 Å². The second kappa shape index (κ2) is 7.12. The van der Waals surface area contributed by atoms with Gasteiger partial charge in [0.05, 0.1) is 10.6 Å². The van der Waals surface area contributed by atoms with Gasteiger partial charge in [-0.3, -0.25) is 14.8 Å². The van der Waals surface area contributed by atoms with Crippen molar-refractivity contribution in [2.24, 2.45) is 13.0 Å². The van der Waals surface area contributed by atoms with E-state index in [2.05, 4.69) is 28.7 Å². The van der Waals surface area contributed by atoms with E-state index in [0.29, 0.717) is 16.5 Å². The maximum Gasteiger partial charge on any atom is 0.279 e. The summed E-state index contributed by atoms with van der Waals surface area (Å²) in [4.78, 5) is 13.4. The molecule has 6 nitrogen and oxygen atoms in total. The van der Waals surface area contributed by atoms with E-state index in [1.807, 2.05) is 0 Å². The van der Waals surface area contributed by atoms with Crippen molar-refractivity contribution in [1.29, 1.82) is 5.26 Å². The molecule has 9 heteroatoms. The summed E-state index contributed by atoms with van der Waals surface area (Å²) in [5.74, 6) is 0.125. The predicted octanol–water partition coefficient (Wildman–Crippen LogP) is 3.26. The molecule has 2 N–H and O–H groups in total. The van der Waals surface area contributed by atoms with Crippen LogP contribution in [-0.4, -0.2) is 20.8 Å². The van der Waals surface area contributed by atoms with Crippen molar-refractivity contribution in [3.63, 3.8) is 0 Å². The second-order valence-electron chi connectivity index (χ2n) is 6.08. The number of rotatable bonds is 2. The van der Waals surface area contributed by atoms with Gasteiger partial charge in [-0.25, -0.2) is 0 Å². The van der Waals surface area contributed by atoms with E-state index < -0.39 is 5.91 Å². The lowest BCUT2D eigenvalue weighted by molar-refractivity contribution is 0.0972. The van der Waals surface area contributed by atoms with Gasteiger partial charge in [0.15, 0.2) is 10.8 Å². The molecule has 2 aromatic rings. The molecule has 0 bridgehead atoms. The largest absolute Gasteiger partial charge is 0.323 e. The molecule has 1 amide bonds. The molecule has 130 valence electrons. The highest BCUT2D eigenvalue weighted by molar-refractivity contribution is 7.80. The number of hydrogen-bond donors (Lipinski definition) is 2. The van der Waals surface area contributed by atoms with Crippen molar-refractivity contribution >= 4 is 51.2 Å². The number of nitriles is 1. The molecule has 2 aromatic heterocycles. The molecular formula is C16H16ClN5OS2. The monoisotopic (exact) mass is 393 g/mol. The first-order valence-corrected chi connectivity index (χ1v) is 9.35. The number of amides is 1. The minimum Gasteiger partial charge on any atom is -0.323 e. The topological polar surface area (TPSA) is 82.7 Å². The van der Waals surface area contributed by atoms with Crippen LogP contribution in [0.4, 0.5) is 5.00 Å². The van der Waals surface area contributed by atoms with Crippen molar-refractivity contribution in [2.45, 2.75) is 26.2 Å². The third-order valence-corrected chi connectivity index (χ3v) is 5.73. The van der Waals surface area contributed by atoms with E-state index >= 15 is 0 Å². The van der Waals surface area contributed by atoms with Gasteiger partial charge in [-0.15, -0.1) is 11.3 Å². The Morgan fingerprint density at radius 2 is 2.36 bits per heavy atom. The molecule has 2 heterocycles. The quantitative estimate of drug-likeness (QED) is 0.765. The van der Waals surface area contributed by atoms with E-state index in [4.69, 9.17) is 23.8 Å². The van der Waals surface area contributed by atoms with Crippen LogP contribution in [0.1, 0.15) is 39.8 Å². The van der Waals surface area contributed by atoms with Crippen LogP contribution >= 0.6 is 35.2 Å². The van der Waals surface area contributed by atoms with Gasteiger partial charge in [0.2, 0.25) is 0 Å². The molecule has 1 aliphatic rings. The standard InChI is InChI=1S/C16H16ClN5OS2/c1-8-3-4-9-10(6-18)15(25-12(9)5-8)20-16(24)19-14(23)13-11(17)7-22(2)21-13/h7-8H,3-5H2,1-2H3,(H2,19,20,23,24)/t8-/m1/s1. The maximum atomic E-state index is 12.2. The molecule has 0 aromatic carbocycles. The molecule has 0 saturated carbocycles. The fraction of sp³-hybridized carbons (Fsp3) is 0.375. The number of thiophene rings is 1. The Balaban J connectivity index is 1.74. The molecule has 0 fully saturated rings. The van der Waals surface area contributed by atoms with Gasteiger partial charge in [0.25, 0.3) is 5.91 Å². The Hall–Kier alpha value is -1.95.